The van der Waals surface area contributed by atoms with E-state index < -0.39 is 0 Å². The molecule has 4 rings (SSSR count). The van der Waals surface area contributed by atoms with E-state index in [2.05, 4.69) is 43.9 Å². The molecule has 0 aliphatic carbocycles. The number of halogens is 1. The molecule has 0 bridgehead atoms. The molecule has 8 heteroatoms. The van der Waals surface area contributed by atoms with Crippen molar-refractivity contribution in [2.24, 2.45) is 0 Å². The van der Waals surface area contributed by atoms with Gasteiger partial charge < -0.3 is 14.0 Å². The highest BCUT2D eigenvalue weighted by Gasteiger charge is 2.12. The van der Waals surface area contributed by atoms with Crippen LogP contribution in [0.3, 0.4) is 0 Å². The first-order valence-corrected chi connectivity index (χ1v) is 11.3. The van der Waals surface area contributed by atoms with Crippen molar-refractivity contribution in [3.05, 3.63) is 63.4 Å². The van der Waals surface area contributed by atoms with Gasteiger partial charge in [-0.05, 0) is 54.9 Å². The van der Waals surface area contributed by atoms with Gasteiger partial charge in [-0.3, -0.25) is 10.00 Å². The van der Waals surface area contributed by atoms with Crippen molar-refractivity contribution in [3.63, 3.8) is 0 Å². The van der Waals surface area contributed by atoms with Crippen molar-refractivity contribution in [2.75, 3.05) is 32.8 Å². The number of benzene rings is 2. The summed E-state index contributed by atoms with van der Waals surface area (Å²) in [4.78, 5) is 2.43. The van der Waals surface area contributed by atoms with Crippen LogP contribution in [0.1, 0.15) is 17.5 Å². The van der Waals surface area contributed by atoms with Crippen LogP contribution >= 0.6 is 23.8 Å². The van der Waals surface area contributed by atoms with Gasteiger partial charge >= 0.3 is 0 Å². The first-order valence-electron chi connectivity index (χ1n) is 10.5. The number of nitrogens with one attached hydrogen (secondary N) is 1. The minimum atomic E-state index is 0.494. The van der Waals surface area contributed by atoms with Gasteiger partial charge in [0.05, 0.1) is 13.2 Å². The molecular weight excluding hydrogens is 432 g/mol. The Labute approximate surface area is 192 Å². The smallest absolute Gasteiger partial charge is 0.195 e. The van der Waals surface area contributed by atoms with Crippen molar-refractivity contribution in [2.45, 2.75) is 26.5 Å². The van der Waals surface area contributed by atoms with Crippen LogP contribution in [0.2, 0.25) is 5.02 Å². The molecule has 0 radical (unpaired) electrons. The molecule has 1 saturated heterocycles. The average Bonchev–Trinajstić information content (AvgIpc) is 3.16. The number of aryl methyl sites for hydroxylation is 1. The van der Waals surface area contributed by atoms with Gasteiger partial charge in [-0.25, -0.2) is 0 Å². The molecule has 0 unspecified atom stereocenters. The standard InChI is InChI=1S/C23H27ClN4O2S/c1-17-15-20(7-8-21(17)24)30-16-18-3-5-19(6-4-18)22-25-26-23(31)28(22)10-2-9-27-11-13-29-14-12-27/h3-8,15H,2,9-14,16H2,1H3,(H,26,31). The van der Waals surface area contributed by atoms with Gasteiger partial charge in [0.25, 0.3) is 0 Å². The Morgan fingerprint density at radius 3 is 2.65 bits per heavy atom. The lowest BCUT2D eigenvalue weighted by molar-refractivity contribution is 0.0369. The maximum Gasteiger partial charge on any atom is 0.195 e. The molecule has 1 aliphatic rings. The van der Waals surface area contributed by atoms with Crippen molar-refractivity contribution in [1.82, 2.24) is 19.7 Å². The quantitative estimate of drug-likeness (QED) is 0.488. The molecule has 2 aromatic carbocycles. The number of H-pyrrole nitrogens is 1. The molecule has 0 amide bonds. The van der Waals surface area contributed by atoms with E-state index in [-0.39, 0.29) is 0 Å². The maximum absolute atomic E-state index is 6.08. The second-order valence-corrected chi connectivity index (χ2v) is 8.50. The summed E-state index contributed by atoms with van der Waals surface area (Å²) in [5, 5.41) is 8.15. The van der Waals surface area contributed by atoms with Crippen molar-refractivity contribution >= 4 is 23.8 Å². The molecule has 3 aromatic rings. The predicted molar refractivity (Wildman–Crippen MR) is 125 cm³/mol. The third-order valence-electron chi connectivity index (χ3n) is 5.47. The Morgan fingerprint density at radius 1 is 1.13 bits per heavy atom. The van der Waals surface area contributed by atoms with E-state index in [1.165, 1.54) is 0 Å². The van der Waals surface area contributed by atoms with Crippen LogP contribution in [0.15, 0.2) is 42.5 Å². The lowest BCUT2D eigenvalue weighted by Gasteiger charge is -2.26. The second kappa shape index (κ2) is 10.4. The molecule has 1 fully saturated rings. The van der Waals surface area contributed by atoms with Crippen LogP contribution in [-0.4, -0.2) is 52.5 Å². The zero-order valence-corrected chi connectivity index (χ0v) is 19.2. The number of aromatic amines is 1. The summed E-state index contributed by atoms with van der Waals surface area (Å²) in [7, 11) is 0. The number of aromatic nitrogens is 3. The van der Waals surface area contributed by atoms with Gasteiger partial charge in [-0.1, -0.05) is 35.9 Å². The minimum absolute atomic E-state index is 0.494. The van der Waals surface area contributed by atoms with Crippen molar-refractivity contribution < 1.29 is 9.47 Å². The van der Waals surface area contributed by atoms with Crippen LogP contribution in [0, 0.1) is 11.7 Å². The number of ether oxygens (including phenoxy) is 2. The molecule has 31 heavy (non-hydrogen) atoms. The molecule has 1 aliphatic heterocycles. The maximum atomic E-state index is 6.08. The highest BCUT2D eigenvalue weighted by atomic mass is 35.5. The summed E-state index contributed by atoms with van der Waals surface area (Å²) >= 11 is 11.5. The molecular formula is C23H27ClN4O2S. The third kappa shape index (κ3) is 5.74. The number of nitrogens with zero attached hydrogens (tertiary/aromatic N) is 3. The van der Waals surface area contributed by atoms with E-state index in [9.17, 15) is 0 Å². The first kappa shape index (κ1) is 22.0. The molecule has 1 aromatic heterocycles. The van der Waals surface area contributed by atoms with Gasteiger partial charge in [0.2, 0.25) is 0 Å². The molecule has 6 nitrogen and oxygen atoms in total. The topological polar surface area (TPSA) is 55.3 Å². The van der Waals surface area contributed by atoms with Gasteiger partial charge in [0.15, 0.2) is 10.6 Å². The first-order chi connectivity index (χ1) is 15.1. The Hall–Kier alpha value is -2.19. The van der Waals surface area contributed by atoms with E-state index in [1.807, 2.05) is 25.1 Å². The normalized spacial score (nSPS) is 14.6. The van der Waals surface area contributed by atoms with Gasteiger partial charge in [-0.15, -0.1) is 0 Å². The zero-order valence-electron chi connectivity index (χ0n) is 17.6. The molecule has 1 N–H and O–H groups in total. The van der Waals surface area contributed by atoms with E-state index in [0.717, 1.165) is 79.1 Å². The highest BCUT2D eigenvalue weighted by Crippen LogP contribution is 2.23. The zero-order chi connectivity index (χ0) is 21.6. The minimum Gasteiger partial charge on any atom is -0.489 e. The van der Waals surface area contributed by atoms with Crippen LogP contribution in [0.25, 0.3) is 11.4 Å². The highest BCUT2D eigenvalue weighted by molar-refractivity contribution is 7.71. The van der Waals surface area contributed by atoms with Gasteiger partial charge in [0.1, 0.15) is 12.4 Å². The summed E-state index contributed by atoms with van der Waals surface area (Å²) in [6.45, 7) is 7.99. The average molecular weight is 459 g/mol. The van der Waals surface area contributed by atoms with Gasteiger partial charge in [-0.2, -0.15) is 5.10 Å². The number of rotatable bonds is 8. The van der Waals surface area contributed by atoms with Crippen LogP contribution in [0.5, 0.6) is 5.75 Å². The monoisotopic (exact) mass is 458 g/mol. The number of hydrogen-bond acceptors (Lipinski definition) is 5. The summed E-state index contributed by atoms with van der Waals surface area (Å²) in [5.41, 5.74) is 3.13. The second-order valence-electron chi connectivity index (χ2n) is 7.71. The van der Waals surface area contributed by atoms with Crippen LogP contribution in [0.4, 0.5) is 0 Å². The summed E-state index contributed by atoms with van der Waals surface area (Å²) in [6.07, 6.45) is 1.02. The molecule has 0 atom stereocenters. The van der Waals surface area contributed by atoms with E-state index >= 15 is 0 Å². The van der Waals surface area contributed by atoms with E-state index in [1.54, 1.807) is 0 Å². The largest absolute Gasteiger partial charge is 0.489 e. The molecule has 0 saturated carbocycles. The number of morpholine rings is 1. The fourth-order valence-electron chi connectivity index (χ4n) is 3.65. The molecule has 2 heterocycles. The van der Waals surface area contributed by atoms with E-state index in [4.69, 9.17) is 33.3 Å². The third-order valence-corrected chi connectivity index (χ3v) is 6.20. The molecule has 164 valence electrons. The fraction of sp³-hybridized carbons (Fsp3) is 0.391. The number of hydrogen-bond donors (Lipinski definition) is 1. The Morgan fingerprint density at radius 2 is 1.90 bits per heavy atom. The summed E-state index contributed by atoms with van der Waals surface area (Å²) in [6, 6.07) is 14.0. The van der Waals surface area contributed by atoms with Crippen molar-refractivity contribution in [3.8, 4) is 17.1 Å². The summed E-state index contributed by atoms with van der Waals surface area (Å²) < 4.78 is 14.0. The van der Waals surface area contributed by atoms with Crippen LogP contribution < -0.4 is 4.74 Å². The predicted octanol–water partition coefficient (Wildman–Crippen LogP) is 4.87. The molecule has 0 spiro atoms. The van der Waals surface area contributed by atoms with Crippen LogP contribution in [-0.2, 0) is 17.9 Å². The van der Waals surface area contributed by atoms with Gasteiger partial charge in [0, 0.05) is 36.8 Å². The van der Waals surface area contributed by atoms with E-state index in [0.29, 0.717) is 11.4 Å². The Bertz CT molecular complexity index is 1060. The lowest BCUT2D eigenvalue weighted by Crippen LogP contribution is -2.37. The Kier molecular flexibility index (Phi) is 7.40. The summed E-state index contributed by atoms with van der Waals surface area (Å²) in [5.74, 6) is 1.68. The SMILES string of the molecule is Cc1cc(OCc2ccc(-c3n[nH]c(=S)n3CCCN3CCOCC3)cc2)ccc1Cl. The lowest BCUT2D eigenvalue weighted by atomic mass is 10.1. The fourth-order valence-corrected chi connectivity index (χ4v) is 3.99. The Balaban J connectivity index is 1.37. The van der Waals surface area contributed by atoms with Crippen molar-refractivity contribution in [1.29, 1.82) is 0 Å².